The summed E-state index contributed by atoms with van der Waals surface area (Å²) >= 11 is 0. The molecule has 0 bridgehead atoms. The maximum atomic E-state index is 11.9. The van der Waals surface area contributed by atoms with Gasteiger partial charge in [-0.3, -0.25) is 0 Å². The molecule has 1 atom stereocenters. The molecule has 0 aromatic heterocycles. The highest BCUT2D eigenvalue weighted by Crippen LogP contribution is 2.10. The zero-order valence-electron chi connectivity index (χ0n) is 10.5. The van der Waals surface area contributed by atoms with Crippen LogP contribution in [0.4, 0.5) is 4.79 Å². The predicted octanol–water partition coefficient (Wildman–Crippen LogP) is 1.44. The van der Waals surface area contributed by atoms with Gasteiger partial charge in [0.2, 0.25) is 0 Å². The van der Waals surface area contributed by atoms with E-state index in [0.29, 0.717) is 13.1 Å². The molecule has 5 heteroatoms. The fourth-order valence-electron chi connectivity index (χ4n) is 2.01. The van der Waals surface area contributed by atoms with E-state index in [0.717, 1.165) is 25.7 Å². The maximum absolute atomic E-state index is 11.9. The maximum Gasteiger partial charge on any atom is 0.327 e. The molecule has 18 heavy (non-hydrogen) atoms. The van der Waals surface area contributed by atoms with E-state index in [1.807, 2.05) is 0 Å². The van der Waals surface area contributed by atoms with Gasteiger partial charge in [0, 0.05) is 19.5 Å². The number of rotatable bonds is 3. The first-order valence-corrected chi connectivity index (χ1v) is 6.37. The van der Waals surface area contributed by atoms with Crippen LogP contribution in [-0.2, 0) is 4.79 Å². The van der Waals surface area contributed by atoms with E-state index in [9.17, 15) is 9.59 Å². The quantitative estimate of drug-likeness (QED) is 0.747. The number of amides is 2. The number of aliphatic carboxylic acids is 1. The van der Waals surface area contributed by atoms with Crippen LogP contribution in [0.1, 0.15) is 38.5 Å². The molecular formula is C13H20N2O3. The largest absolute Gasteiger partial charge is 0.480 e. The molecule has 0 aromatic rings. The van der Waals surface area contributed by atoms with Crippen molar-refractivity contribution in [2.24, 2.45) is 0 Å². The first-order valence-electron chi connectivity index (χ1n) is 6.37. The Labute approximate surface area is 108 Å². The Hall–Kier alpha value is -1.70. The van der Waals surface area contributed by atoms with Crippen LogP contribution in [0.15, 0.2) is 0 Å². The van der Waals surface area contributed by atoms with Gasteiger partial charge in [0.25, 0.3) is 0 Å². The van der Waals surface area contributed by atoms with Gasteiger partial charge in [0.1, 0.15) is 6.04 Å². The van der Waals surface area contributed by atoms with Gasteiger partial charge in [-0.1, -0.05) is 19.3 Å². The number of carboxylic acid groups (broad SMARTS) is 1. The second-order valence-electron chi connectivity index (χ2n) is 4.50. The second-order valence-corrected chi connectivity index (χ2v) is 4.50. The van der Waals surface area contributed by atoms with Gasteiger partial charge in [0.05, 0.1) is 0 Å². The Balaban J connectivity index is 2.50. The van der Waals surface area contributed by atoms with E-state index in [4.69, 9.17) is 11.5 Å². The van der Waals surface area contributed by atoms with Gasteiger partial charge < -0.3 is 15.3 Å². The van der Waals surface area contributed by atoms with Gasteiger partial charge in [-0.05, 0) is 12.8 Å². The Kier molecular flexibility index (Phi) is 6.06. The summed E-state index contributed by atoms with van der Waals surface area (Å²) in [6.45, 7) is 1.38. The predicted molar refractivity (Wildman–Crippen MR) is 68.1 cm³/mol. The molecule has 1 heterocycles. The van der Waals surface area contributed by atoms with Gasteiger partial charge in [-0.25, -0.2) is 9.59 Å². The molecule has 0 radical (unpaired) electrons. The molecule has 5 nitrogen and oxygen atoms in total. The lowest BCUT2D eigenvalue weighted by Crippen LogP contribution is -2.48. The van der Waals surface area contributed by atoms with E-state index in [1.165, 1.54) is 6.42 Å². The van der Waals surface area contributed by atoms with E-state index in [-0.39, 0.29) is 12.5 Å². The lowest BCUT2D eigenvalue weighted by Gasteiger charge is -2.26. The molecule has 1 rings (SSSR count). The number of carbonyl (C=O) groups excluding carboxylic acids is 1. The summed E-state index contributed by atoms with van der Waals surface area (Å²) in [5.41, 5.74) is 0. The number of nitrogens with zero attached hydrogens (tertiary/aromatic N) is 1. The van der Waals surface area contributed by atoms with Crippen LogP contribution in [0.25, 0.3) is 0 Å². The summed E-state index contributed by atoms with van der Waals surface area (Å²) < 4.78 is 0. The molecule has 2 amide bonds. The van der Waals surface area contributed by atoms with Crippen LogP contribution in [0.5, 0.6) is 0 Å². The van der Waals surface area contributed by atoms with Crippen LogP contribution < -0.4 is 5.32 Å². The molecule has 0 saturated carbocycles. The number of hydrogen-bond donors (Lipinski definition) is 2. The van der Waals surface area contributed by atoms with Crippen molar-refractivity contribution in [1.29, 1.82) is 0 Å². The molecule has 0 aliphatic carbocycles. The average molecular weight is 252 g/mol. The summed E-state index contributed by atoms with van der Waals surface area (Å²) in [4.78, 5) is 24.5. The van der Waals surface area contributed by atoms with E-state index in [1.54, 1.807) is 4.90 Å². The van der Waals surface area contributed by atoms with Crippen molar-refractivity contribution >= 4 is 12.0 Å². The van der Waals surface area contributed by atoms with Crippen LogP contribution in [0, 0.1) is 12.3 Å². The van der Waals surface area contributed by atoms with Crippen LogP contribution in [-0.4, -0.2) is 41.1 Å². The normalized spacial score (nSPS) is 18.1. The van der Waals surface area contributed by atoms with E-state index >= 15 is 0 Å². The highest BCUT2D eigenvalue weighted by atomic mass is 16.4. The van der Waals surface area contributed by atoms with Crippen molar-refractivity contribution in [2.75, 3.05) is 13.1 Å². The van der Waals surface area contributed by atoms with Crippen molar-refractivity contribution in [1.82, 2.24) is 10.2 Å². The Bertz CT molecular complexity index is 328. The van der Waals surface area contributed by atoms with E-state index in [2.05, 4.69) is 11.2 Å². The first kappa shape index (κ1) is 14.4. The monoisotopic (exact) mass is 252 g/mol. The minimum atomic E-state index is -1.09. The second kappa shape index (κ2) is 7.59. The third-order valence-corrected chi connectivity index (χ3v) is 3.06. The zero-order chi connectivity index (χ0) is 13.4. The third kappa shape index (κ3) is 4.66. The highest BCUT2D eigenvalue weighted by molar-refractivity contribution is 5.82. The molecule has 1 fully saturated rings. The first-order chi connectivity index (χ1) is 8.65. The molecule has 0 spiro atoms. The highest BCUT2D eigenvalue weighted by Gasteiger charge is 2.22. The van der Waals surface area contributed by atoms with Crippen molar-refractivity contribution in [2.45, 2.75) is 44.6 Å². The van der Waals surface area contributed by atoms with Crippen molar-refractivity contribution in [3.05, 3.63) is 0 Å². The number of likely N-dealkylation sites (tertiary alicyclic amines) is 1. The number of terminal acetylenes is 1. The van der Waals surface area contributed by atoms with Crippen LogP contribution in [0.3, 0.4) is 0 Å². The summed E-state index contributed by atoms with van der Waals surface area (Å²) in [6, 6.07) is -1.31. The van der Waals surface area contributed by atoms with Crippen molar-refractivity contribution in [3.63, 3.8) is 0 Å². The summed E-state index contributed by atoms with van der Waals surface area (Å²) in [5, 5.41) is 11.4. The number of urea groups is 1. The Morgan fingerprint density at radius 1 is 1.22 bits per heavy atom. The van der Waals surface area contributed by atoms with Gasteiger partial charge in [-0.2, -0.15) is 0 Å². The van der Waals surface area contributed by atoms with Crippen LogP contribution >= 0.6 is 0 Å². The number of carbonyl (C=O) groups is 2. The molecule has 1 unspecified atom stereocenters. The van der Waals surface area contributed by atoms with E-state index < -0.39 is 12.0 Å². The van der Waals surface area contributed by atoms with Gasteiger partial charge in [0.15, 0.2) is 0 Å². The number of hydrogen-bond acceptors (Lipinski definition) is 2. The average Bonchev–Trinajstić information content (AvgIpc) is 2.27. The molecule has 1 aliphatic rings. The van der Waals surface area contributed by atoms with Crippen molar-refractivity contribution < 1.29 is 14.7 Å². The van der Waals surface area contributed by atoms with Gasteiger partial charge in [-0.15, -0.1) is 12.3 Å². The van der Waals surface area contributed by atoms with Crippen LogP contribution in [0.2, 0.25) is 0 Å². The number of nitrogens with one attached hydrogen (secondary N) is 1. The van der Waals surface area contributed by atoms with Crippen molar-refractivity contribution in [3.8, 4) is 12.3 Å². The standard InChI is InChI=1S/C13H20N2O3/c1-2-8-11(12(16)17)14-13(18)15-9-6-4-3-5-7-10-15/h1,11H,3-10H2,(H,14,18)(H,16,17). The minimum absolute atomic E-state index is 0.00884. The smallest absolute Gasteiger partial charge is 0.327 e. The minimum Gasteiger partial charge on any atom is -0.480 e. The third-order valence-electron chi connectivity index (χ3n) is 3.06. The lowest BCUT2D eigenvalue weighted by molar-refractivity contribution is -0.139. The summed E-state index contributed by atoms with van der Waals surface area (Å²) in [7, 11) is 0. The molecule has 1 aliphatic heterocycles. The lowest BCUT2D eigenvalue weighted by atomic mass is 10.1. The topological polar surface area (TPSA) is 69.6 Å². The summed E-state index contributed by atoms with van der Waals surface area (Å²) in [6.07, 6.45) is 10.5. The molecular weight excluding hydrogens is 232 g/mol. The molecule has 1 saturated heterocycles. The Morgan fingerprint density at radius 3 is 2.28 bits per heavy atom. The summed E-state index contributed by atoms with van der Waals surface area (Å²) in [5.74, 6) is 1.18. The van der Waals surface area contributed by atoms with Gasteiger partial charge >= 0.3 is 12.0 Å². The molecule has 100 valence electrons. The molecule has 2 N–H and O–H groups in total. The fourth-order valence-corrected chi connectivity index (χ4v) is 2.01. The Morgan fingerprint density at radius 2 is 1.78 bits per heavy atom. The fraction of sp³-hybridized carbons (Fsp3) is 0.692. The zero-order valence-corrected chi connectivity index (χ0v) is 10.5. The molecule has 0 aromatic carbocycles. The number of carboxylic acids is 1. The SMILES string of the molecule is C#CCC(NC(=O)N1CCCCCCC1)C(=O)O.